The van der Waals surface area contributed by atoms with Crippen molar-refractivity contribution in [3.63, 3.8) is 0 Å². The number of fused-ring (bicyclic) bond motifs is 1. The standard InChI is InChI=1S/C32H45N3O4S/c1-21-25(15-10-16-28(21)36)30(38)33-26(20-40-24-13-6-5-7-14-24)29(37)19-35-18-23-12-9-8-11-22(23)17-27(35)31(39)34-32(2,3)4/h5-7,10,13-16,22-23,26-27,29,36-37H,8-9,11-12,17-20H2,1-4H3,(H,33,38)(H,34,39)/t22-,23+,26-,27+,29-/m1/s1. The maximum Gasteiger partial charge on any atom is 0.252 e. The molecule has 2 amide bonds. The van der Waals surface area contributed by atoms with Crippen molar-refractivity contribution in [2.75, 3.05) is 18.8 Å². The lowest BCUT2D eigenvalue weighted by Gasteiger charge is -2.47. The average molecular weight is 568 g/mol. The minimum absolute atomic E-state index is 0.0124. The topological polar surface area (TPSA) is 102 Å². The molecule has 4 rings (SSSR count). The number of phenolic OH excluding ortho intramolecular Hbond substituents is 1. The molecule has 2 aromatic carbocycles. The Hall–Kier alpha value is -2.55. The van der Waals surface area contributed by atoms with Crippen LogP contribution in [-0.4, -0.2) is 69.5 Å². The van der Waals surface area contributed by atoms with E-state index in [1.54, 1.807) is 36.9 Å². The van der Waals surface area contributed by atoms with Gasteiger partial charge >= 0.3 is 0 Å². The summed E-state index contributed by atoms with van der Waals surface area (Å²) in [5.74, 6) is 1.27. The number of hydrogen-bond donors (Lipinski definition) is 4. The summed E-state index contributed by atoms with van der Waals surface area (Å²) in [5.41, 5.74) is 0.543. The van der Waals surface area contributed by atoms with Gasteiger partial charge in [0.1, 0.15) is 5.75 Å². The maximum atomic E-state index is 13.5. The second kappa shape index (κ2) is 13.4. The third-order valence-corrected chi connectivity index (χ3v) is 9.36. The molecule has 2 aliphatic rings. The first-order valence-corrected chi connectivity index (χ1v) is 15.5. The van der Waals surface area contributed by atoms with Gasteiger partial charge in [-0.05, 0) is 76.6 Å². The molecule has 0 bridgehead atoms. The molecule has 8 heteroatoms. The normalized spacial score (nSPS) is 23.1. The summed E-state index contributed by atoms with van der Waals surface area (Å²) in [6, 6.07) is 13.9. The Balaban J connectivity index is 1.54. The van der Waals surface area contributed by atoms with Crippen LogP contribution in [-0.2, 0) is 4.79 Å². The number of phenols is 1. The number of β-amino-alcohol motifs (C(OH)–C–C–N with tert-alkyl or cyclic N) is 1. The fourth-order valence-electron chi connectivity index (χ4n) is 6.06. The van der Waals surface area contributed by atoms with Crippen molar-refractivity contribution in [2.45, 2.75) is 88.4 Å². The molecule has 1 aliphatic heterocycles. The van der Waals surface area contributed by atoms with Gasteiger partial charge in [-0.25, -0.2) is 0 Å². The summed E-state index contributed by atoms with van der Waals surface area (Å²) < 4.78 is 0. The van der Waals surface area contributed by atoms with Crippen LogP contribution in [0.15, 0.2) is 53.4 Å². The van der Waals surface area contributed by atoms with Crippen LogP contribution in [0.3, 0.4) is 0 Å². The van der Waals surface area contributed by atoms with E-state index in [1.807, 2.05) is 51.1 Å². The number of aliphatic hydroxyl groups is 1. The molecule has 7 nitrogen and oxygen atoms in total. The van der Waals surface area contributed by atoms with Crippen LogP contribution >= 0.6 is 11.8 Å². The van der Waals surface area contributed by atoms with E-state index in [0.29, 0.717) is 35.3 Å². The van der Waals surface area contributed by atoms with Crippen molar-refractivity contribution < 1.29 is 19.8 Å². The van der Waals surface area contributed by atoms with E-state index in [-0.39, 0.29) is 29.1 Å². The number of thioether (sulfide) groups is 1. The van der Waals surface area contributed by atoms with Gasteiger partial charge in [-0.3, -0.25) is 14.5 Å². The second-order valence-electron chi connectivity index (χ2n) is 12.5. The van der Waals surface area contributed by atoms with Crippen LogP contribution in [0.2, 0.25) is 0 Å². The van der Waals surface area contributed by atoms with E-state index in [4.69, 9.17) is 0 Å². The van der Waals surface area contributed by atoms with Crippen molar-refractivity contribution >= 4 is 23.6 Å². The van der Waals surface area contributed by atoms with Crippen LogP contribution in [0.5, 0.6) is 5.75 Å². The number of benzene rings is 2. The summed E-state index contributed by atoms with van der Waals surface area (Å²) in [7, 11) is 0. The van der Waals surface area contributed by atoms with Gasteiger partial charge in [0.2, 0.25) is 5.91 Å². The number of amides is 2. The smallest absolute Gasteiger partial charge is 0.252 e. The molecule has 40 heavy (non-hydrogen) atoms. The number of carbonyl (C=O) groups excluding carboxylic acids is 2. The van der Waals surface area contributed by atoms with Crippen molar-refractivity contribution in [1.82, 2.24) is 15.5 Å². The zero-order valence-electron chi connectivity index (χ0n) is 24.2. The molecular weight excluding hydrogens is 522 g/mol. The van der Waals surface area contributed by atoms with Crippen LogP contribution in [0.4, 0.5) is 0 Å². The van der Waals surface area contributed by atoms with E-state index in [1.165, 1.54) is 12.8 Å². The van der Waals surface area contributed by atoms with E-state index < -0.39 is 12.1 Å². The average Bonchev–Trinajstić information content (AvgIpc) is 2.91. The monoisotopic (exact) mass is 567 g/mol. The lowest BCUT2D eigenvalue weighted by Crippen LogP contribution is -2.60. The molecule has 2 fully saturated rings. The number of piperidine rings is 1. The van der Waals surface area contributed by atoms with E-state index in [0.717, 1.165) is 30.7 Å². The maximum absolute atomic E-state index is 13.5. The van der Waals surface area contributed by atoms with Crippen LogP contribution in [0.25, 0.3) is 0 Å². The highest BCUT2D eigenvalue weighted by molar-refractivity contribution is 7.99. The number of likely N-dealkylation sites (tertiary alicyclic amines) is 1. The second-order valence-corrected chi connectivity index (χ2v) is 13.6. The summed E-state index contributed by atoms with van der Waals surface area (Å²) >= 11 is 1.57. The molecule has 0 spiro atoms. The fourth-order valence-corrected chi connectivity index (χ4v) is 7.09. The highest BCUT2D eigenvalue weighted by atomic mass is 32.2. The fraction of sp³-hybridized carbons (Fsp3) is 0.562. The van der Waals surface area contributed by atoms with Crippen molar-refractivity contribution in [3.8, 4) is 5.75 Å². The van der Waals surface area contributed by atoms with Gasteiger partial charge in [-0.15, -0.1) is 11.8 Å². The lowest BCUT2D eigenvalue weighted by atomic mass is 9.72. The third kappa shape index (κ3) is 8.02. The Bertz CT molecular complexity index is 1150. The first-order valence-electron chi connectivity index (χ1n) is 14.5. The van der Waals surface area contributed by atoms with Crippen LogP contribution < -0.4 is 10.6 Å². The van der Waals surface area contributed by atoms with Crippen molar-refractivity contribution in [3.05, 3.63) is 59.7 Å². The molecule has 1 aliphatic carbocycles. The molecular formula is C32H45N3O4S. The van der Waals surface area contributed by atoms with Gasteiger partial charge in [0, 0.05) is 40.4 Å². The number of aromatic hydroxyl groups is 1. The highest BCUT2D eigenvalue weighted by Gasteiger charge is 2.41. The van der Waals surface area contributed by atoms with E-state index in [2.05, 4.69) is 15.5 Å². The minimum atomic E-state index is -0.886. The molecule has 5 atom stereocenters. The van der Waals surface area contributed by atoms with Gasteiger partial charge < -0.3 is 20.8 Å². The number of nitrogens with zero attached hydrogens (tertiary/aromatic N) is 1. The zero-order valence-corrected chi connectivity index (χ0v) is 25.0. The minimum Gasteiger partial charge on any atom is -0.508 e. The SMILES string of the molecule is Cc1c(O)cccc1C(=O)N[C@H](CSc1ccccc1)[C@H](O)CN1C[C@@H]2CCCC[C@@H]2C[C@H]1C(=O)NC(C)(C)C. The van der Waals surface area contributed by atoms with E-state index in [9.17, 15) is 19.8 Å². The molecule has 2 aromatic rings. The molecule has 0 unspecified atom stereocenters. The zero-order chi connectivity index (χ0) is 28.9. The Morgan fingerprint density at radius 2 is 1.75 bits per heavy atom. The Morgan fingerprint density at radius 1 is 1.05 bits per heavy atom. The number of hydrogen-bond acceptors (Lipinski definition) is 6. The predicted octanol–water partition coefficient (Wildman–Crippen LogP) is 4.75. The third-order valence-electron chi connectivity index (χ3n) is 8.23. The summed E-state index contributed by atoms with van der Waals surface area (Å²) in [6.07, 6.45) is 4.67. The molecule has 0 radical (unpaired) electrons. The van der Waals surface area contributed by atoms with Crippen molar-refractivity contribution in [2.24, 2.45) is 11.8 Å². The molecule has 1 saturated heterocycles. The molecule has 0 aromatic heterocycles. The van der Waals surface area contributed by atoms with Gasteiger partial charge in [0.15, 0.2) is 0 Å². The van der Waals surface area contributed by atoms with Crippen LogP contribution in [0.1, 0.15) is 68.8 Å². The number of carbonyl (C=O) groups is 2. The molecule has 218 valence electrons. The van der Waals surface area contributed by atoms with Crippen molar-refractivity contribution in [1.29, 1.82) is 0 Å². The first kappa shape index (κ1) is 30.4. The quantitative estimate of drug-likeness (QED) is 0.327. The largest absolute Gasteiger partial charge is 0.508 e. The number of aliphatic hydroxyl groups excluding tert-OH is 1. The van der Waals surface area contributed by atoms with Gasteiger partial charge in [0.25, 0.3) is 5.91 Å². The number of nitrogens with one attached hydrogen (secondary N) is 2. The highest BCUT2D eigenvalue weighted by Crippen LogP contribution is 2.39. The van der Waals surface area contributed by atoms with Gasteiger partial charge in [-0.2, -0.15) is 0 Å². The summed E-state index contributed by atoms with van der Waals surface area (Å²) in [5, 5.41) is 28.0. The Morgan fingerprint density at radius 3 is 2.45 bits per heavy atom. The van der Waals surface area contributed by atoms with Gasteiger partial charge in [-0.1, -0.05) is 43.5 Å². The first-order chi connectivity index (χ1) is 19.0. The Labute approximate surface area is 243 Å². The molecule has 4 N–H and O–H groups in total. The molecule has 1 heterocycles. The number of rotatable bonds is 9. The van der Waals surface area contributed by atoms with Crippen LogP contribution in [0, 0.1) is 18.8 Å². The van der Waals surface area contributed by atoms with Gasteiger partial charge in [0.05, 0.1) is 18.2 Å². The summed E-state index contributed by atoms with van der Waals surface area (Å²) in [6.45, 7) is 8.76. The Kier molecular flexibility index (Phi) is 10.2. The molecule has 1 saturated carbocycles. The predicted molar refractivity (Wildman–Crippen MR) is 161 cm³/mol. The lowest BCUT2D eigenvalue weighted by molar-refractivity contribution is -0.132. The van der Waals surface area contributed by atoms with E-state index >= 15 is 0 Å². The summed E-state index contributed by atoms with van der Waals surface area (Å²) in [4.78, 5) is 30.0.